The standard InChI is InChI=1S/C17H19F3N2O3/c1-11(14(23)12-7-4-3-5-8-12)21(2)15(24)13-9-6-10-22(13)16(25)17(18,19)20/h3-5,7-8,11,13H,6,9-10H2,1-2H3/t11-,13-/m0/s1. The van der Waals surface area contributed by atoms with Gasteiger partial charge in [0.2, 0.25) is 5.91 Å². The first-order valence-electron chi connectivity index (χ1n) is 7.88. The highest BCUT2D eigenvalue weighted by Gasteiger charge is 2.48. The number of carbonyl (C=O) groups excluding carboxylic acids is 3. The van der Waals surface area contributed by atoms with E-state index in [1.807, 2.05) is 0 Å². The average Bonchev–Trinajstić information content (AvgIpc) is 3.07. The summed E-state index contributed by atoms with van der Waals surface area (Å²) in [6.45, 7) is 1.39. The molecule has 0 spiro atoms. The Morgan fingerprint density at radius 3 is 2.36 bits per heavy atom. The maximum atomic E-state index is 12.7. The van der Waals surface area contributed by atoms with Gasteiger partial charge in [0.1, 0.15) is 6.04 Å². The van der Waals surface area contributed by atoms with Crippen molar-refractivity contribution in [2.75, 3.05) is 13.6 Å². The van der Waals surface area contributed by atoms with Crippen LogP contribution in [-0.2, 0) is 9.59 Å². The lowest BCUT2D eigenvalue weighted by atomic mass is 10.0. The van der Waals surface area contributed by atoms with Crippen LogP contribution in [0.25, 0.3) is 0 Å². The third-order valence-electron chi connectivity index (χ3n) is 4.41. The van der Waals surface area contributed by atoms with Gasteiger partial charge in [0, 0.05) is 19.2 Å². The zero-order valence-electron chi connectivity index (χ0n) is 13.9. The molecule has 0 radical (unpaired) electrons. The van der Waals surface area contributed by atoms with Crippen molar-refractivity contribution in [2.24, 2.45) is 0 Å². The Balaban J connectivity index is 2.13. The minimum absolute atomic E-state index is 0.121. The van der Waals surface area contributed by atoms with Crippen molar-refractivity contribution in [2.45, 2.75) is 38.0 Å². The molecule has 0 N–H and O–H groups in total. The van der Waals surface area contributed by atoms with E-state index < -0.39 is 30.1 Å². The third-order valence-corrected chi connectivity index (χ3v) is 4.41. The first-order valence-corrected chi connectivity index (χ1v) is 7.88. The van der Waals surface area contributed by atoms with Crippen molar-refractivity contribution in [3.8, 4) is 0 Å². The van der Waals surface area contributed by atoms with Crippen LogP contribution in [-0.4, -0.2) is 59.2 Å². The first kappa shape index (κ1) is 19.0. The average molecular weight is 356 g/mol. The Labute approximate surface area is 143 Å². The van der Waals surface area contributed by atoms with Crippen LogP contribution in [0.1, 0.15) is 30.1 Å². The lowest BCUT2D eigenvalue weighted by molar-refractivity contribution is -0.187. The minimum atomic E-state index is -5.02. The number of likely N-dealkylation sites (N-methyl/N-ethyl adjacent to an activating group) is 1. The van der Waals surface area contributed by atoms with Gasteiger partial charge in [-0.1, -0.05) is 30.3 Å². The van der Waals surface area contributed by atoms with Crippen LogP contribution >= 0.6 is 0 Å². The van der Waals surface area contributed by atoms with Gasteiger partial charge in [-0.05, 0) is 19.8 Å². The summed E-state index contributed by atoms with van der Waals surface area (Å²) in [6.07, 6.45) is -4.56. The second-order valence-corrected chi connectivity index (χ2v) is 6.01. The lowest BCUT2D eigenvalue weighted by Gasteiger charge is -2.31. The second kappa shape index (κ2) is 7.25. The smallest absolute Gasteiger partial charge is 0.334 e. The summed E-state index contributed by atoms with van der Waals surface area (Å²) < 4.78 is 38.0. The molecule has 8 heteroatoms. The zero-order chi connectivity index (χ0) is 18.8. The van der Waals surface area contributed by atoms with Crippen LogP contribution in [0.3, 0.4) is 0 Å². The van der Waals surface area contributed by atoms with Crippen molar-refractivity contribution >= 4 is 17.6 Å². The molecule has 0 unspecified atom stereocenters. The Hall–Kier alpha value is -2.38. The molecule has 1 aliphatic rings. The largest absolute Gasteiger partial charge is 0.471 e. The Morgan fingerprint density at radius 2 is 1.80 bits per heavy atom. The van der Waals surface area contributed by atoms with Crippen LogP contribution in [0.2, 0.25) is 0 Å². The molecule has 5 nitrogen and oxygen atoms in total. The van der Waals surface area contributed by atoms with Gasteiger partial charge in [0.25, 0.3) is 0 Å². The SMILES string of the molecule is C[C@@H](C(=O)c1ccccc1)N(C)C(=O)[C@@H]1CCCN1C(=O)C(F)(F)F. The molecule has 2 atom stereocenters. The molecule has 0 aliphatic carbocycles. The van der Waals surface area contributed by atoms with E-state index in [-0.39, 0.29) is 18.7 Å². The monoisotopic (exact) mass is 356 g/mol. The second-order valence-electron chi connectivity index (χ2n) is 6.01. The number of amides is 2. The van der Waals surface area contributed by atoms with Crippen LogP contribution < -0.4 is 0 Å². The minimum Gasteiger partial charge on any atom is -0.334 e. The highest BCUT2D eigenvalue weighted by atomic mass is 19.4. The van der Waals surface area contributed by atoms with Crippen molar-refractivity contribution in [1.29, 1.82) is 0 Å². The molecule has 0 bridgehead atoms. The summed E-state index contributed by atoms with van der Waals surface area (Å²) >= 11 is 0. The van der Waals surface area contributed by atoms with E-state index in [0.29, 0.717) is 16.9 Å². The molecular formula is C17H19F3N2O3. The molecule has 1 fully saturated rings. The summed E-state index contributed by atoms with van der Waals surface area (Å²) in [6, 6.07) is 6.28. The van der Waals surface area contributed by atoms with Gasteiger partial charge in [0.05, 0.1) is 6.04 Å². The summed E-state index contributed by atoms with van der Waals surface area (Å²) in [7, 11) is 1.36. The van der Waals surface area contributed by atoms with Gasteiger partial charge in [-0.25, -0.2) is 0 Å². The molecule has 1 aromatic carbocycles. The Morgan fingerprint density at radius 1 is 1.20 bits per heavy atom. The molecule has 1 heterocycles. The molecule has 1 aromatic rings. The van der Waals surface area contributed by atoms with Gasteiger partial charge in [0.15, 0.2) is 5.78 Å². The first-order chi connectivity index (χ1) is 11.6. The Bertz CT molecular complexity index is 661. The maximum absolute atomic E-state index is 12.7. The molecule has 2 amide bonds. The summed E-state index contributed by atoms with van der Waals surface area (Å²) in [5.74, 6) is -2.99. The number of hydrogen-bond donors (Lipinski definition) is 0. The Kier molecular flexibility index (Phi) is 5.49. The lowest BCUT2D eigenvalue weighted by Crippen LogP contribution is -2.53. The van der Waals surface area contributed by atoms with E-state index in [2.05, 4.69) is 0 Å². The molecule has 0 saturated carbocycles. The number of nitrogens with zero attached hydrogens (tertiary/aromatic N) is 2. The van der Waals surface area contributed by atoms with Crippen molar-refractivity contribution in [1.82, 2.24) is 9.80 Å². The number of halogens is 3. The fraction of sp³-hybridized carbons (Fsp3) is 0.471. The predicted molar refractivity (Wildman–Crippen MR) is 83.8 cm³/mol. The van der Waals surface area contributed by atoms with E-state index in [9.17, 15) is 27.6 Å². The van der Waals surface area contributed by atoms with Gasteiger partial charge in [-0.2, -0.15) is 13.2 Å². The maximum Gasteiger partial charge on any atom is 0.471 e. The van der Waals surface area contributed by atoms with Gasteiger partial charge in [-0.3, -0.25) is 14.4 Å². The number of ketones is 1. The summed E-state index contributed by atoms with van der Waals surface area (Å²) in [5, 5.41) is 0. The molecule has 1 saturated heterocycles. The van der Waals surface area contributed by atoms with Crippen LogP contribution in [0.15, 0.2) is 30.3 Å². The molecular weight excluding hydrogens is 337 g/mol. The normalized spacial score (nSPS) is 18.8. The van der Waals surface area contributed by atoms with Gasteiger partial charge in [-0.15, -0.1) is 0 Å². The van der Waals surface area contributed by atoms with E-state index in [0.717, 1.165) is 4.90 Å². The zero-order valence-corrected chi connectivity index (χ0v) is 13.9. The van der Waals surface area contributed by atoms with Crippen LogP contribution in [0, 0.1) is 0 Å². The highest BCUT2D eigenvalue weighted by Crippen LogP contribution is 2.27. The number of likely N-dealkylation sites (tertiary alicyclic amines) is 1. The van der Waals surface area contributed by atoms with Crippen molar-refractivity contribution in [3.63, 3.8) is 0 Å². The molecule has 136 valence electrons. The number of alkyl halides is 3. The van der Waals surface area contributed by atoms with Crippen molar-refractivity contribution < 1.29 is 27.6 Å². The third kappa shape index (κ3) is 4.00. The summed E-state index contributed by atoms with van der Waals surface area (Å²) in [5.41, 5.74) is 0.407. The topological polar surface area (TPSA) is 57.7 Å². The number of benzene rings is 1. The molecule has 25 heavy (non-hydrogen) atoms. The summed E-state index contributed by atoms with van der Waals surface area (Å²) in [4.78, 5) is 38.2. The molecule has 0 aromatic heterocycles. The van der Waals surface area contributed by atoms with Gasteiger partial charge >= 0.3 is 12.1 Å². The fourth-order valence-corrected chi connectivity index (χ4v) is 2.87. The quantitative estimate of drug-likeness (QED) is 0.778. The number of hydrogen-bond acceptors (Lipinski definition) is 3. The highest BCUT2D eigenvalue weighted by molar-refractivity contribution is 6.02. The predicted octanol–water partition coefficient (Wildman–Crippen LogP) is 2.27. The van der Waals surface area contributed by atoms with Crippen molar-refractivity contribution in [3.05, 3.63) is 35.9 Å². The number of rotatable bonds is 4. The number of carbonyl (C=O) groups is 3. The van der Waals surface area contributed by atoms with E-state index in [1.54, 1.807) is 30.3 Å². The molecule has 2 rings (SSSR count). The number of Topliss-reactive ketones (excluding diaryl/α,β-unsaturated/α-hetero) is 1. The fourth-order valence-electron chi connectivity index (χ4n) is 2.87. The van der Waals surface area contributed by atoms with E-state index in [4.69, 9.17) is 0 Å². The van der Waals surface area contributed by atoms with E-state index in [1.165, 1.54) is 14.0 Å². The van der Waals surface area contributed by atoms with Crippen LogP contribution in [0.5, 0.6) is 0 Å². The van der Waals surface area contributed by atoms with Crippen LogP contribution in [0.4, 0.5) is 13.2 Å². The molecule has 1 aliphatic heterocycles. The van der Waals surface area contributed by atoms with Gasteiger partial charge < -0.3 is 9.80 Å². The van der Waals surface area contributed by atoms with E-state index >= 15 is 0 Å².